The molecule has 4 rings (SSSR count). The Labute approximate surface area is 141 Å². The van der Waals surface area contributed by atoms with Crippen LogP contribution in [0.25, 0.3) is 0 Å². The lowest BCUT2D eigenvalue weighted by atomic mass is 9.88. The number of carbonyl (C=O) groups excluding carboxylic acids is 2. The largest absolute Gasteiger partial charge is 0.454 e. The first-order valence-electron chi connectivity index (χ1n) is 8.62. The Hall–Kier alpha value is -2.24. The van der Waals surface area contributed by atoms with E-state index in [0.717, 1.165) is 18.4 Å². The molecule has 1 saturated carbocycles. The number of nitrogens with one attached hydrogen (secondary N) is 1. The topological polar surface area (TPSA) is 67.9 Å². The van der Waals surface area contributed by atoms with Gasteiger partial charge in [-0.25, -0.2) is 4.79 Å². The van der Waals surface area contributed by atoms with Crippen LogP contribution in [0.4, 0.5) is 4.79 Å². The minimum Gasteiger partial charge on any atom is -0.454 e. The first-order valence-corrected chi connectivity index (χ1v) is 8.62. The third-order valence-corrected chi connectivity index (χ3v) is 5.39. The van der Waals surface area contributed by atoms with Crippen molar-refractivity contribution in [1.29, 1.82) is 0 Å². The van der Waals surface area contributed by atoms with Crippen LogP contribution in [-0.2, 0) is 10.3 Å². The average molecular weight is 330 g/mol. The van der Waals surface area contributed by atoms with Gasteiger partial charge in [0, 0.05) is 6.54 Å². The van der Waals surface area contributed by atoms with E-state index in [1.807, 2.05) is 6.07 Å². The van der Waals surface area contributed by atoms with Crippen LogP contribution in [0.1, 0.15) is 44.6 Å². The summed E-state index contributed by atoms with van der Waals surface area (Å²) < 4.78 is 10.7. The minimum atomic E-state index is -1.05. The van der Waals surface area contributed by atoms with Crippen molar-refractivity contribution >= 4 is 11.9 Å². The number of benzene rings is 1. The normalized spacial score (nSPS) is 26.8. The van der Waals surface area contributed by atoms with Crippen LogP contribution in [0.3, 0.4) is 0 Å². The second-order valence-corrected chi connectivity index (χ2v) is 7.04. The maximum absolute atomic E-state index is 13.0. The number of rotatable bonds is 3. The average Bonchev–Trinajstić information content (AvgIpc) is 3.14. The van der Waals surface area contributed by atoms with Crippen LogP contribution in [0, 0.1) is 5.92 Å². The molecule has 0 spiro atoms. The summed E-state index contributed by atoms with van der Waals surface area (Å²) >= 11 is 0. The second kappa shape index (κ2) is 5.69. The summed E-state index contributed by atoms with van der Waals surface area (Å²) in [5, 5.41) is 2.87. The Morgan fingerprint density at radius 2 is 1.92 bits per heavy atom. The maximum atomic E-state index is 13.0. The molecule has 128 valence electrons. The fourth-order valence-electron chi connectivity index (χ4n) is 3.89. The highest BCUT2D eigenvalue weighted by Gasteiger charge is 2.49. The number of amides is 3. The molecule has 1 aliphatic carbocycles. The second-order valence-electron chi connectivity index (χ2n) is 7.04. The Bertz CT molecular complexity index is 684. The van der Waals surface area contributed by atoms with Crippen LogP contribution in [0.2, 0.25) is 0 Å². The number of ether oxygens (including phenoxy) is 2. The first kappa shape index (κ1) is 15.3. The summed E-state index contributed by atoms with van der Waals surface area (Å²) in [4.78, 5) is 26.8. The van der Waals surface area contributed by atoms with Crippen molar-refractivity contribution < 1.29 is 19.1 Å². The third-order valence-electron chi connectivity index (χ3n) is 5.39. The van der Waals surface area contributed by atoms with Gasteiger partial charge in [-0.05, 0) is 43.4 Å². The highest BCUT2D eigenvalue weighted by molar-refractivity contribution is 6.07. The molecular weight excluding hydrogens is 308 g/mol. The molecule has 2 fully saturated rings. The Kier molecular flexibility index (Phi) is 3.62. The lowest BCUT2D eigenvalue weighted by Gasteiger charge is -2.26. The van der Waals surface area contributed by atoms with E-state index >= 15 is 0 Å². The zero-order chi connectivity index (χ0) is 16.7. The van der Waals surface area contributed by atoms with Crippen molar-refractivity contribution in [2.45, 2.75) is 44.6 Å². The standard InChI is InChI=1S/C18H22N2O4/c1-18(13-7-8-14-15(9-13)24-11-23-14)16(21)20(17(22)19-18)10-12-5-3-2-4-6-12/h7-9,12H,2-6,10-11H2,1H3,(H,19,22). The van der Waals surface area contributed by atoms with E-state index in [4.69, 9.17) is 9.47 Å². The summed E-state index contributed by atoms with van der Waals surface area (Å²) in [6, 6.07) is 5.08. The number of imide groups is 1. The Morgan fingerprint density at radius 3 is 2.71 bits per heavy atom. The summed E-state index contributed by atoms with van der Waals surface area (Å²) in [6.07, 6.45) is 5.82. The molecule has 1 saturated heterocycles. The van der Waals surface area contributed by atoms with Crippen molar-refractivity contribution in [3.63, 3.8) is 0 Å². The highest BCUT2D eigenvalue weighted by atomic mass is 16.7. The van der Waals surface area contributed by atoms with Gasteiger partial charge in [0.05, 0.1) is 0 Å². The van der Waals surface area contributed by atoms with Crippen molar-refractivity contribution in [3.8, 4) is 11.5 Å². The molecule has 6 heteroatoms. The quantitative estimate of drug-likeness (QED) is 0.865. The lowest BCUT2D eigenvalue weighted by molar-refractivity contribution is -0.131. The minimum absolute atomic E-state index is 0.183. The molecule has 3 amide bonds. The number of urea groups is 1. The number of carbonyl (C=O) groups is 2. The number of hydrogen-bond acceptors (Lipinski definition) is 4. The van der Waals surface area contributed by atoms with Crippen LogP contribution < -0.4 is 14.8 Å². The van der Waals surface area contributed by atoms with Gasteiger partial charge in [-0.15, -0.1) is 0 Å². The van der Waals surface area contributed by atoms with Gasteiger partial charge in [0.1, 0.15) is 5.54 Å². The van der Waals surface area contributed by atoms with Gasteiger partial charge in [0.25, 0.3) is 5.91 Å². The molecule has 2 heterocycles. The van der Waals surface area contributed by atoms with E-state index in [1.165, 1.54) is 24.2 Å². The zero-order valence-corrected chi connectivity index (χ0v) is 13.8. The van der Waals surface area contributed by atoms with Gasteiger partial charge in [0.15, 0.2) is 11.5 Å². The molecule has 3 aliphatic rings. The lowest BCUT2D eigenvalue weighted by Crippen LogP contribution is -2.41. The van der Waals surface area contributed by atoms with Gasteiger partial charge in [-0.1, -0.05) is 25.3 Å². The molecule has 6 nitrogen and oxygen atoms in total. The fourth-order valence-corrected chi connectivity index (χ4v) is 3.89. The molecule has 1 aromatic rings. The fraction of sp³-hybridized carbons (Fsp3) is 0.556. The molecule has 1 atom stereocenters. The Morgan fingerprint density at radius 1 is 1.17 bits per heavy atom. The highest BCUT2D eigenvalue weighted by Crippen LogP contribution is 2.38. The van der Waals surface area contributed by atoms with E-state index in [0.29, 0.717) is 24.0 Å². The van der Waals surface area contributed by atoms with Gasteiger partial charge in [0.2, 0.25) is 6.79 Å². The van der Waals surface area contributed by atoms with Gasteiger partial charge in [-0.2, -0.15) is 0 Å². The van der Waals surface area contributed by atoms with Gasteiger partial charge >= 0.3 is 6.03 Å². The van der Waals surface area contributed by atoms with Gasteiger partial charge in [-0.3, -0.25) is 9.69 Å². The predicted molar refractivity (Wildman–Crippen MR) is 86.7 cm³/mol. The van der Waals surface area contributed by atoms with Crippen LogP contribution >= 0.6 is 0 Å². The Balaban J connectivity index is 1.57. The number of hydrogen-bond donors (Lipinski definition) is 1. The molecule has 1 N–H and O–H groups in total. The van der Waals surface area contributed by atoms with E-state index in [2.05, 4.69) is 5.32 Å². The van der Waals surface area contributed by atoms with Crippen LogP contribution in [-0.4, -0.2) is 30.2 Å². The van der Waals surface area contributed by atoms with E-state index in [1.54, 1.807) is 19.1 Å². The zero-order valence-electron chi connectivity index (χ0n) is 13.8. The molecule has 24 heavy (non-hydrogen) atoms. The monoisotopic (exact) mass is 330 g/mol. The molecule has 0 aromatic heterocycles. The summed E-state index contributed by atoms with van der Waals surface area (Å²) in [6.45, 7) is 2.46. The van der Waals surface area contributed by atoms with Crippen molar-refractivity contribution in [2.24, 2.45) is 5.92 Å². The molecule has 2 aliphatic heterocycles. The van der Waals surface area contributed by atoms with E-state index in [-0.39, 0.29) is 18.7 Å². The maximum Gasteiger partial charge on any atom is 0.325 e. The van der Waals surface area contributed by atoms with E-state index in [9.17, 15) is 9.59 Å². The molecular formula is C18H22N2O4. The molecule has 1 unspecified atom stereocenters. The van der Waals surface area contributed by atoms with E-state index < -0.39 is 5.54 Å². The summed E-state index contributed by atoms with van der Waals surface area (Å²) in [5.74, 6) is 1.52. The predicted octanol–water partition coefficient (Wildman–Crippen LogP) is 2.76. The first-order chi connectivity index (χ1) is 11.6. The van der Waals surface area contributed by atoms with Crippen LogP contribution in [0.5, 0.6) is 11.5 Å². The van der Waals surface area contributed by atoms with Crippen LogP contribution in [0.15, 0.2) is 18.2 Å². The van der Waals surface area contributed by atoms with Crippen molar-refractivity contribution in [2.75, 3.05) is 13.3 Å². The number of nitrogens with zero attached hydrogens (tertiary/aromatic N) is 1. The molecule has 0 bridgehead atoms. The summed E-state index contributed by atoms with van der Waals surface area (Å²) in [5.41, 5.74) is -0.330. The SMILES string of the molecule is CC1(c2ccc3c(c2)OCO3)NC(=O)N(CC2CCCCC2)C1=O. The van der Waals surface area contributed by atoms with Crippen molar-refractivity contribution in [1.82, 2.24) is 10.2 Å². The third kappa shape index (κ3) is 2.41. The molecule has 0 radical (unpaired) electrons. The van der Waals surface area contributed by atoms with Gasteiger partial charge < -0.3 is 14.8 Å². The molecule has 1 aromatic carbocycles. The van der Waals surface area contributed by atoms with Crippen molar-refractivity contribution in [3.05, 3.63) is 23.8 Å². The number of fused-ring (bicyclic) bond motifs is 1. The smallest absolute Gasteiger partial charge is 0.325 e. The summed E-state index contributed by atoms with van der Waals surface area (Å²) in [7, 11) is 0.